The maximum Gasteiger partial charge on any atom is 0.273 e. The highest BCUT2D eigenvalue weighted by atomic mass is 16.6. The predicted octanol–water partition coefficient (Wildman–Crippen LogP) is 1.86. The van der Waals surface area contributed by atoms with Crippen LogP contribution in [0.5, 0.6) is 0 Å². The largest absolute Gasteiger partial charge is 0.380 e. The van der Waals surface area contributed by atoms with Crippen LogP contribution in [0.3, 0.4) is 0 Å². The van der Waals surface area contributed by atoms with Crippen molar-refractivity contribution in [2.45, 2.75) is 31.9 Å². The van der Waals surface area contributed by atoms with Crippen LogP contribution in [0.1, 0.15) is 19.8 Å². The van der Waals surface area contributed by atoms with Gasteiger partial charge in [-0.25, -0.2) is 0 Å². The highest BCUT2D eigenvalue weighted by molar-refractivity contribution is 5.63. The molecule has 7 nitrogen and oxygen atoms in total. The molecule has 4 N–H and O–H groups in total. The third kappa shape index (κ3) is 3.33. The summed E-state index contributed by atoms with van der Waals surface area (Å²) in [7, 11) is 0. The molecule has 2 unspecified atom stereocenters. The van der Waals surface area contributed by atoms with E-state index in [9.17, 15) is 10.1 Å². The quantitative estimate of drug-likeness (QED) is 0.427. The summed E-state index contributed by atoms with van der Waals surface area (Å²) < 4.78 is 5.58. The number of rotatable bonds is 5. The molecule has 1 saturated heterocycles. The summed E-state index contributed by atoms with van der Waals surface area (Å²) in [6, 6.07) is 4.71. The van der Waals surface area contributed by atoms with Crippen LogP contribution in [-0.4, -0.2) is 23.7 Å². The Morgan fingerprint density at radius 2 is 2.21 bits per heavy atom. The fourth-order valence-corrected chi connectivity index (χ4v) is 2.24. The van der Waals surface area contributed by atoms with Gasteiger partial charge >= 0.3 is 0 Å². The molecule has 19 heavy (non-hydrogen) atoms. The van der Waals surface area contributed by atoms with Crippen molar-refractivity contribution in [3.05, 3.63) is 28.3 Å². The number of anilines is 2. The Balaban J connectivity index is 2.14. The standard InChI is InChI=1S/C12H18N4O3/c1-8(12-3-2-4-19-12)14-9-5-10(15-13)7-11(6-9)16(17)18/h5-8,12,14-15H,2-4,13H2,1H3. The van der Waals surface area contributed by atoms with Gasteiger partial charge in [0.15, 0.2) is 0 Å². The minimum Gasteiger partial charge on any atom is -0.380 e. The van der Waals surface area contributed by atoms with Crippen molar-refractivity contribution in [2.75, 3.05) is 17.3 Å². The normalized spacial score (nSPS) is 20.0. The lowest BCUT2D eigenvalue weighted by Crippen LogP contribution is -2.30. The lowest BCUT2D eigenvalue weighted by molar-refractivity contribution is -0.384. The molecule has 1 aliphatic rings. The molecule has 7 heteroatoms. The molecule has 0 aromatic heterocycles. The molecule has 2 rings (SSSR count). The van der Waals surface area contributed by atoms with Crippen molar-refractivity contribution in [1.82, 2.24) is 0 Å². The first-order chi connectivity index (χ1) is 9.10. The number of nitro benzene ring substituents is 1. The summed E-state index contributed by atoms with van der Waals surface area (Å²) in [5, 5.41) is 14.1. The molecule has 1 aliphatic heterocycles. The molecule has 1 heterocycles. The molecular formula is C12H18N4O3. The van der Waals surface area contributed by atoms with Gasteiger partial charge in [0.1, 0.15) is 0 Å². The van der Waals surface area contributed by atoms with E-state index in [0.717, 1.165) is 19.4 Å². The Labute approximate surface area is 111 Å². The molecule has 0 saturated carbocycles. The Bertz CT molecular complexity index is 460. The second kappa shape index (κ2) is 5.85. The van der Waals surface area contributed by atoms with Gasteiger partial charge in [0.05, 0.1) is 16.7 Å². The van der Waals surface area contributed by atoms with Gasteiger partial charge < -0.3 is 15.5 Å². The maximum absolute atomic E-state index is 10.8. The number of nitrogens with zero attached hydrogens (tertiary/aromatic N) is 1. The van der Waals surface area contributed by atoms with Crippen LogP contribution in [0.4, 0.5) is 17.1 Å². The first-order valence-electron chi connectivity index (χ1n) is 6.24. The smallest absolute Gasteiger partial charge is 0.273 e. The van der Waals surface area contributed by atoms with Crippen molar-refractivity contribution in [1.29, 1.82) is 0 Å². The van der Waals surface area contributed by atoms with E-state index in [0.29, 0.717) is 11.4 Å². The van der Waals surface area contributed by atoms with E-state index in [1.807, 2.05) is 6.92 Å². The summed E-state index contributed by atoms with van der Waals surface area (Å²) in [6.07, 6.45) is 2.21. The minimum absolute atomic E-state index is 0.00232. The molecule has 2 atom stereocenters. The van der Waals surface area contributed by atoms with Crippen LogP contribution in [0.2, 0.25) is 0 Å². The number of ether oxygens (including phenoxy) is 1. The molecule has 1 aromatic carbocycles. The molecule has 0 radical (unpaired) electrons. The first-order valence-corrected chi connectivity index (χ1v) is 6.24. The van der Waals surface area contributed by atoms with E-state index in [1.165, 1.54) is 12.1 Å². The topological polar surface area (TPSA) is 102 Å². The molecule has 0 aliphatic carbocycles. The van der Waals surface area contributed by atoms with E-state index < -0.39 is 4.92 Å². The molecule has 1 aromatic rings. The van der Waals surface area contributed by atoms with Crippen LogP contribution in [0, 0.1) is 10.1 Å². The summed E-state index contributed by atoms with van der Waals surface area (Å²) in [4.78, 5) is 10.4. The third-order valence-corrected chi connectivity index (χ3v) is 3.21. The fourth-order valence-electron chi connectivity index (χ4n) is 2.24. The lowest BCUT2D eigenvalue weighted by atomic mass is 10.1. The molecule has 0 spiro atoms. The van der Waals surface area contributed by atoms with E-state index >= 15 is 0 Å². The van der Waals surface area contributed by atoms with Crippen molar-refractivity contribution in [2.24, 2.45) is 5.84 Å². The number of nitro groups is 1. The van der Waals surface area contributed by atoms with Gasteiger partial charge in [-0.1, -0.05) is 0 Å². The van der Waals surface area contributed by atoms with Gasteiger partial charge in [0.2, 0.25) is 0 Å². The minimum atomic E-state index is -0.442. The number of hydrogen-bond donors (Lipinski definition) is 3. The predicted molar refractivity (Wildman–Crippen MR) is 73.0 cm³/mol. The molecule has 104 valence electrons. The van der Waals surface area contributed by atoms with Crippen molar-refractivity contribution in [3.8, 4) is 0 Å². The lowest BCUT2D eigenvalue weighted by Gasteiger charge is -2.21. The fraction of sp³-hybridized carbons (Fsp3) is 0.500. The van der Waals surface area contributed by atoms with Gasteiger partial charge in [-0.2, -0.15) is 0 Å². The van der Waals surface area contributed by atoms with E-state index in [4.69, 9.17) is 10.6 Å². The highest BCUT2D eigenvalue weighted by Crippen LogP contribution is 2.26. The number of nitrogens with two attached hydrogens (primary N) is 1. The molecular weight excluding hydrogens is 248 g/mol. The Morgan fingerprint density at radius 3 is 2.79 bits per heavy atom. The SMILES string of the molecule is CC(Nc1cc(NN)cc([N+](=O)[O-])c1)C1CCCO1. The van der Waals surface area contributed by atoms with E-state index in [-0.39, 0.29) is 17.8 Å². The average Bonchev–Trinajstić information content (AvgIpc) is 2.92. The zero-order valence-corrected chi connectivity index (χ0v) is 10.8. The monoisotopic (exact) mass is 266 g/mol. The van der Waals surface area contributed by atoms with Crippen LogP contribution in [0.25, 0.3) is 0 Å². The van der Waals surface area contributed by atoms with Gasteiger partial charge in [0, 0.05) is 30.5 Å². The zero-order chi connectivity index (χ0) is 13.8. The third-order valence-electron chi connectivity index (χ3n) is 3.21. The Morgan fingerprint density at radius 1 is 1.47 bits per heavy atom. The number of hydrazine groups is 1. The molecule has 0 amide bonds. The van der Waals surface area contributed by atoms with Crippen molar-refractivity contribution >= 4 is 17.1 Å². The average molecular weight is 266 g/mol. The summed E-state index contributed by atoms with van der Waals surface area (Å²) in [5.41, 5.74) is 3.58. The Hall–Kier alpha value is -1.86. The summed E-state index contributed by atoms with van der Waals surface area (Å²) in [6.45, 7) is 2.78. The second-order valence-electron chi connectivity index (χ2n) is 4.65. The number of benzene rings is 1. The first kappa shape index (κ1) is 13.6. The van der Waals surface area contributed by atoms with Gasteiger partial charge in [-0.05, 0) is 25.8 Å². The number of hydrogen-bond acceptors (Lipinski definition) is 6. The second-order valence-corrected chi connectivity index (χ2v) is 4.65. The molecule has 0 bridgehead atoms. The van der Waals surface area contributed by atoms with Gasteiger partial charge in [0.25, 0.3) is 5.69 Å². The van der Waals surface area contributed by atoms with Gasteiger partial charge in [-0.3, -0.25) is 16.0 Å². The zero-order valence-electron chi connectivity index (χ0n) is 10.8. The summed E-state index contributed by atoms with van der Waals surface area (Å²) >= 11 is 0. The van der Waals surface area contributed by atoms with E-state index in [2.05, 4.69) is 10.7 Å². The van der Waals surface area contributed by atoms with Crippen LogP contribution in [0.15, 0.2) is 18.2 Å². The van der Waals surface area contributed by atoms with Crippen molar-refractivity contribution in [3.63, 3.8) is 0 Å². The van der Waals surface area contributed by atoms with Crippen LogP contribution in [-0.2, 0) is 4.74 Å². The highest BCUT2D eigenvalue weighted by Gasteiger charge is 2.22. The number of non-ortho nitro benzene ring substituents is 1. The van der Waals surface area contributed by atoms with Crippen molar-refractivity contribution < 1.29 is 9.66 Å². The Kier molecular flexibility index (Phi) is 4.18. The van der Waals surface area contributed by atoms with E-state index in [1.54, 1.807) is 6.07 Å². The summed E-state index contributed by atoms with van der Waals surface area (Å²) in [5.74, 6) is 5.32. The van der Waals surface area contributed by atoms with Gasteiger partial charge in [-0.15, -0.1) is 0 Å². The van der Waals surface area contributed by atoms with Crippen LogP contribution >= 0.6 is 0 Å². The molecule has 1 fully saturated rings. The van der Waals surface area contributed by atoms with Crippen LogP contribution < -0.4 is 16.6 Å². The number of nitrogens with one attached hydrogen (secondary N) is 2. The number of nitrogen functional groups attached to an aromatic ring is 1. The maximum atomic E-state index is 10.8.